The lowest BCUT2D eigenvalue weighted by Crippen LogP contribution is -2.40. The van der Waals surface area contributed by atoms with E-state index in [2.05, 4.69) is 5.32 Å². The van der Waals surface area contributed by atoms with Gasteiger partial charge in [0.25, 0.3) is 5.91 Å². The fourth-order valence-electron chi connectivity index (χ4n) is 1.41. The number of carbonyl (C=O) groups excluding carboxylic acids is 1. The van der Waals surface area contributed by atoms with E-state index in [1.807, 2.05) is 6.92 Å². The quantitative estimate of drug-likeness (QED) is 0.827. The molecule has 1 rings (SSSR count). The minimum Gasteiger partial charge on any atom is -0.484 e. The second-order valence-corrected chi connectivity index (χ2v) is 4.31. The number of nitrogens with one attached hydrogen (secondary N) is 1. The molecule has 0 aliphatic rings. The molecule has 0 radical (unpaired) electrons. The standard InChI is InChI=1S/C13H18ClNO3/c1-3-11(8-17-2)15-13(16)9-18-12-6-4-10(14)5-7-12/h4-7,11H,3,8-9H2,1-2H3,(H,15,16). The van der Waals surface area contributed by atoms with Crippen molar-refractivity contribution in [3.8, 4) is 5.75 Å². The van der Waals surface area contributed by atoms with Crippen LogP contribution >= 0.6 is 11.6 Å². The van der Waals surface area contributed by atoms with E-state index in [9.17, 15) is 4.79 Å². The molecule has 1 atom stereocenters. The van der Waals surface area contributed by atoms with Crippen molar-refractivity contribution < 1.29 is 14.3 Å². The average Bonchev–Trinajstić information content (AvgIpc) is 2.37. The summed E-state index contributed by atoms with van der Waals surface area (Å²) in [6, 6.07) is 6.91. The summed E-state index contributed by atoms with van der Waals surface area (Å²) < 4.78 is 10.3. The highest BCUT2D eigenvalue weighted by Gasteiger charge is 2.10. The molecule has 0 aromatic heterocycles. The molecule has 1 N–H and O–H groups in total. The Labute approximate surface area is 112 Å². The van der Waals surface area contributed by atoms with Gasteiger partial charge in [-0.15, -0.1) is 0 Å². The topological polar surface area (TPSA) is 47.6 Å². The van der Waals surface area contributed by atoms with E-state index in [0.29, 0.717) is 17.4 Å². The van der Waals surface area contributed by atoms with Crippen LogP contribution in [0.2, 0.25) is 5.02 Å². The molecular formula is C13H18ClNO3. The van der Waals surface area contributed by atoms with Gasteiger partial charge in [-0.2, -0.15) is 0 Å². The number of benzene rings is 1. The van der Waals surface area contributed by atoms with Crippen LogP contribution in [-0.4, -0.2) is 32.3 Å². The largest absolute Gasteiger partial charge is 0.484 e. The Morgan fingerprint density at radius 2 is 2.06 bits per heavy atom. The lowest BCUT2D eigenvalue weighted by Gasteiger charge is -2.16. The first kappa shape index (κ1) is 14.8. The van der Waals surface area contributed by atoms with Crippen LogP contribution in [0.4, 0.5) is 0 Å². The van der Waals surface area contributed by atoms with Crippen LogP contribution in [-0.2, 0) is 9.53 Å². The summed E-state index contributed by atoms with van der Waals surface area (Å²) >= 11 is 5.75. The molecule has 1 aromatic rings. The van der Waals surface area contributed by atoms with E-state index in [0.717, 1.165) is 6.42 Å². The van der Waals surface area contributed by atoms with Gasteiger partial charge >= 0.3 is 0 Å². The van der Waals surface area contributed by atoms with Crippen LogP contribution in [0.5, 0.6) is 5.75 Å². The van der Waals surface area contributed by atoms with Crippen molar-refractivity contribution in [2.24, 2.45) is 0 Å². The third kappa shape index (κ3) is 5.38. The van der Waals surface area contributed by atoms with Crippen molar-refractivity contribution in [3.05, 3.63) is 29.3 Å². The Kier molecular flexibility index (Phi) is 6.54. The smallest absolute Gasteiger partial charge is 0.258 e. The molecule has 18 heavy (non-hydrogen) atoms. The monoisotopic (exact) mass is 271 g/mol. The third-order valence-corrected chi connectivity index (χ3v) is 2.66. The Hall–Kier alpha value is -1.26. The predicted molar refractivity (Wildman–Crippen MR) is 71.0 cm³/mol. The van der Waals surface area contributed by atoms with Gasteiger partial charge in [-0.05, 0) is 30.7 Å². The molecule has 100 valence electrons. The second kappa shape index (κ2) is 7.95. The van der Waals surface area contributed by atoms with Crippen molar-refractivity contribution in [1.82, 2.24) is 5.32 Å². The number of halogens is 1. The molecule has 0 fully saturated rings. The van der Waals surface area contributed by atoms with E-state index in [1.165, 1.54) is 0 Å². The van der Waals surface area contributed by atoms with Crippen molar-refractivity contribution >= 4 is 17.5 Å². The molecule has 1 amide bonds. The molecule has 0 aliphatic carbocycles. The maximum atomic E-state index is 11.6. The van der Waals surface area contributed by atoms with Gasteiger partial charge in [0.05, 0.1) is 12.6 Å². The van der Waals surface area contributed by atoms with Gasteiger partial charge in [0.2, 0.25) is 0 Å². The molecule has 1 unspecified atom stereocenters. The molecule has 0 saturated carbocycles. The number of hydrogen-bond acceptors (Lipinski definition) is 3. The van der Waals surface area contributed by atoms with Crippen molar-refractivity contribution in [2.75, 3.05) is 20.3 Å². The summed E-state index contributed by atoms with van der Waals surface area (Å²) in [5, 5.41) is 3.47. The van der Waals surface area contributed by atoms with Crippen LogP contribution < -0.4 is 10.1 Å². The maximum absolute atomic E-state index is 11.6. The molecule has 0 heterocycles. The number of ether oxygens (including phenoxy) is 2. The number of carbonyl (C=O) groups is 1. The normalized spacial score (nSPS) is 11.9. The van der Waals surface area contributed by atoms with E-state index in [-0.39, 0.29) is 18.6 Å². The van der Waals surface area contributed by atoms with E-state index in [1.54, 1.807) is 31.4 Å². The molecule has 0 saturated heterocycles. The van der Waals surface area contributed by atoms with Crippen LogP contribution in [0.25, 0.3) is 0 Å². The third-order valence-electron chi connectivity index (χ3n) is 2.41. The van der Waals surface area contributed by atoms with Crippen molar-refractivity contribution in [2.45, 2.75) is 19.4 Å². The first-order valence-corrected chi connectivity index (χ1v) is 6.20. The zero-order valence-electron chi connectivity index (χ0n) is 10.6. The van der Waals surface area contributed by atoms with Gasteiger partial charge in [0.1, 0.15) is 5.75 Å². The zero-order valence-corrected chi connectivity index (χ0v) is 11.4. The molecular weight excluding hydrogens is 254 g/mol. The highest BCUT2D eigenvalue weighted by molar-refractivity contribution is 6.30. The highest BCUT2D eigenvalue weighted by Crippen LogP contribution is 2.15. The van der Waals surface area contributed by atoms with Gasteiger partial charge in [0.15, 0.2) is 6.61 Å². The summed E-state index contributed by atoms with van der Waals surface area (Å²) in [5.74, 6) is 0.461. The maximum Gasteiger partial charge on any atom is 0.258 e. The second-order valence-electron chi connectivity index (χ2n) is 3.87. The molecule has 4 nitrogen and oxygen atoms in total. The summed E-state index contributed by atoms with van der Waals surface area (Å²) in [4.78, 5) is 11.6. The van der Waals surface area contributed by atoms with Crippen molar-refractivity contribution in [3.63, 3.8) is 0 Å². The van der Waals surface area contributed by atoms with Crippen LogP contribution in [0.1, 0.15) is 13.3 Å². The Bertz CT molecular complexity index is 367. The van der Waals surface area contributed by atoms with Crippen LogP contribution in [0.15, 0.2) is 24.3 Å². The fourth-order valence-corrected chi connectivity index (χ4v) is 1.54. The number of hydrogen-bond donors (Lipinski definition) is 1. The summed E-state index contributed by atoms with van der Waals surface area (Å²) in [5.41, 5.74) is 0. The first-order valence-electron chi connectivity index (χ1n) is 5.82. The first-order chi connectivity index (χ1) is 8.65. The Balaban J connectivity index is 2.34. The lowest BCUT2D eigenvalue weighted by atomic mass is 10.2. The van der Waals surface area contributed by atoms with Gasteiger partial charge in [-0.3, -0.25) is 4.79 Å². The van der Waals surface area contributed by atoms with E-state index >= 15 is 0 Å². The van der Waals surface area contributed by atoms with Gasteiger partial charge in [-0.25, -0.2) is 0 Å². The molecule has 1 aromatic carbocycles. The highest BCUT2D eigenvalue weighted by atomic mass is 35.5. The van der Waals surface area contributed by atoms with Crippen LogP contribution in [0, 0.1) is 0 Å². The molecule has 5 heteroatoms. The van der Waals surface area contributed by atoms with E-state index < -0.39 is 0 Å². The van der Waals surface area contributed by atoms with Crippen LogP contribution in [0.3, 0.4) is 0 Å². The predicted octanol–water partition coefficient (Wildman–Crippen LogP) is 2.26. The molecule has 0 spiro atoms. The fraction of sp³-hybridized carbons (Fsp3) is 0.462. The minimum atomic E-state index is -0.158. The summed E-state index contributed by atoms with van der Waals surface area (Å²) in [6.07, 6.45) is 0.820. The number of methoxy groups -OCH3 is 1. The zero-order chi connectivity index (χ0) is 13.4. The summed E-state index contributed by atoms with van der Waals surface area (Å²) in [6.45, 7) is 2.48. The van der Waals surface area contributed by atoms with Gasteiger partial charge in [-0.1, -0.05) is 18.5 Å². The number of amides is 1. The average molecular weight is 272 g/mol. The lowest BCUT2D eigenvalue weighted by molar-refractivity contribution is -0.124. The van der Waals surface area contributed by atoms with E-state index in [4.69, 9.17) is 21.1 Å². The molecule has 0 bridgehead atoms. The summed E-state index contributed by atoms with van der Waals surface area (Å²) in [7, 11) is 1.61. The Morgan fingerprint density at radius 3 is 2.61 bits per heavy atom. The van der Waals surface area contributed by atoms with Gasteiger partial charge < -0.3 is 14.8 Å². The number of rotatable bonds is 7. The Morgan fingerprint density at radius 1 is 1.39 bits per heavy atom. The minimum absolute atomic E-state index is 0.0121. The van der Waals surface area contributed by atoms with Crippen molar-refractivity contribution in [1.29, 1.82) is 0 Å². The SMILES string of the molecule is CCC(COC)NC(=O)COc1ccc(Cl)cc1. The molecule has 0 aliphatic heterocycles. The van der Waals surface area contributed by atoms with Gasteiger partial charge in [0, 0.05) is 12.1 Å².